The zero-order valence-electron chi connectivity index (χ0n) is 9.34. The fourth-order valence-corrected chi connectivity index (χ4v) is 3.59. The predicted octanol–water partition coefficient (Wildman–Crippen LogP) is 4.17. The van der Waals surface area contributed by atoms with Crippen LogP contribution in [-0.4, -0.2) is 20.4 Å². The van der Waals surface area contributed by atoms with Crippen molar-refractivity contribution in [3.63, 3.8) is 0 Å². The van der Waals surface area contributed by atoms with Crippen LogP contribution in [0.4, 0.5) is 0 Å². The minimum atomic E-state index is -0.134. The summed E-state index contributed by atoms with van der Waals surface area (Å²) in [5, 5.41) is 5.32. The molecule has 0 saturated carbocycles. The van der Waals surface area contributed by atoms with Gasteiger partial charge in [0.15, 0.2) is 0 Å². The van der Waals surface area contributed by atoms with Crippen molar-refractivity contribution < 1.29 is 0 Å². The molecule has 0 aliphatic carbocycles. The molecule has 0 bridgehead atoms. The van der Waals surface area contributed by atoms with Gasteiger partial charge in [0.2, 0.25) is 0 Å². The van der Waals surface area contributed by atoms with Crippen LogP contribution in [0, 0.1) is 0 Å². The molecule has 3 aromatic rings. The van der Waals surface area contributed by atoms with E-state index in [4.69, 9.17) is 0 Å². The van der Waals surface area contributed by atoms with E-state index >= 15 is 0 Å². The van der Waals surface area contributed by atoms with Gasteiger partial charge in [0, 0.05) is 0 Å². The zero-order valence-corrected chi connectivity index (χ0v) is 11.7. The molecule has 0 spiro atoms. The first-order chi connectivity index (χ1) is 8.45. The molecule has 0 aliphatic rings. The van der Waals surface area contributed by atoms with E-state index in [2.05, 4.69) is 68.8 Å². The van der Waals surface area contributed by atoms with Gasteiger partial charge in [-0.15, -0.1) is 0 Å². The van der Waals surface area contributed by atoms with E-state index in [1.807, 2.05) is 0 Å². The van der Waals surface area contributed by atoms with Gasteiger partial charge in [-0.1, -0.05) is 0 Å². The molecule has 0 fully saturated rings. The summed E-state index contributed by atoms with van der Waals surface area (Å²) in [7, 11) is 0. The Labute approximate surface area is 110 Å². The van der Waals surface area contributed by atoms with Gasteiger partial charge in [0.1, 0.15) is 0 Å². The van der Waals surface area contributed by atoms with E-state index in [0.717, 1.165) is 0 Å². The zero-order chi connectivity index (χ0) is 11.5. The van der Waals surface area contributed by atoms with Gasteiger partial charge < -0.3 is 0 Å². The fraction of sp³-hybridized carbons (Fsp3) is 0. The van der Waals surface area contributed by atoms with Crippen molar-refractivity contribution in [1.82, 2.24) is 0 Å². The topological polar surface area (TPSA) is 0 Å². The average molecular weight is 332 g/mol. The first-order valence-electron chi connectivity index (χ1n) is 5.62. The second kappa shape index (κ2) is 4.92. The van der Waals surface area contributed by atoms with Crippen LogP contribution in [0.1, 0.15) is 0 Å². The fourth-order valence-electron chi connectivity index (χ4n) is 2.05. The van der Waals surface area contributed by atoms with Crippen molar-refractivity contribution in [2.24, 2.45) is 0 Å². The molecule has 1 aromatic heterocycles. The van der Waals surface area contributed by atoms with Crippen LogP contribution in [0.25, 0.3) is 21.5 Å². The summed E-state index contributed by atoms with van der Waals surface area (Å²) >= 11 is -0.134. The Hall–Kier alpha value is -1.29. The van der Waals surface area contributed by atoms with Crippen LogP contribution < -0.4 is 0 Å². The van der Waals surface area contributed by atoms with Crippen molar-refractivity contribution in [3.8, 4) is 0 Å². The average Bonchev–Trinajstić information content (AvgIpc) is 2.47. The van der Waals surface area contributed by atoms with Crippen LogP contribution in [0.2, 0.25) is 0 Å². The van der Waals surface area contributed by atoms with E-state index in [-0.39, 0.29) is 20.4 Å². The quantitative estimate of drug-likeness (QED) is 0.542. The number of rotatable bonds is 0. The third-order valence-electron chi connectivity index (χ3n) is 2.86. The van der Waals surface area contributed by atoms with Crippen LogP contribution in [0.3, 0.4) is 0 Å². The number of hydrogen-bond donors (Lipinski definition) is 0. The van der Waals surface area contributed by atoms with Gasteiger partial charge in [0.25, 0.3) is 0 Å². The molecule has 0 saturated heterocycles. The summed E-state index contributed by atoms with van der Waals surface area (Å²) in [6.07, 6.45) is 0. The molecular formula is C16H12Te. The third-order valence-corrected chi connectivity index (χ3v) is 4.54. The molecule has 0 nitrogen and oxygen atoms in total. The van der Waals surface area contributed by atoms with Gasteiger partial charge >= 0.3 is 111 Å². The van der Waals surface area contributed by atoms with Crippen LogP contribution in [0.5, 0.6) is 0 Å². The van der Waals surface area contributed by atoms with Crippen LogP contribution >= 0.6 is 0 Å². The van der Waals surface area contributed by atoms with E-state index in [0.29, 0.717) is 0 Å². The molecule has 82 valence electrons. The van der Waals surface area contributed by atoms with Crippen molar-refractivity contribution >= 4 is 42.0 Å². The second-order valence-electron chi connectivity index (χ2n) is 3.92. The number of hydrogen-bond acceptors (Lipinski definition) is 0. The standard InChI is InChI=1S/C16H12Te/c1-3-7-15-13(5-1)9-11-17-12-10-14-6-2-4-8-16(14)15/h1-12H. The minimum absolute atomic E-state index is 0.134. The van der Waals surface area contributed by atoms with Crippen molar-refractivity contribution in [2.75, 3.05) is 0 Å². The van der Waals surface area contributed by atoms with Gasteiger partial charge in [0.05, 0.1) is 0 Å². The summed E-state index contributed by atoms with van der Waals surface area (Å²) < 4.78 is 4.68. The Bertz CT molecular complexity index is 648. The van der Waals surface area contributed by atoms with E-state index in [1.165, 1.54) is 21.5 Å². The summed E-state index contributed by atoms with van der Waals surface area (Å²) in [5.74, 6) is 0. The van der Waals surface area contributed by atoms with E-state index in [1.54, 1.807) is 0 Å². The Balaban J connectivity index is 2.63. The normalized spacial score (nSPS) is 10.4. The molecule has 2 aromatic carbocycles. The third kappa shape index (κ3) is 2.22. The number of benzene rings is 2. The molecule has 0 atom stereocenters. The Morgan fingerprint density at radius 1 is 0.529 bits per heavy atom. The van der Waals surface area contributed by atoms with Crippen molar-refractivity contribution in [1.29, 1.82) is 0 Å². The molecule has 0 radical (unpaired) electrons. The monoisotopic (exact) mass is 334 g/mol. The predicted molar refractivity (Wildman–Crippen MR) is 76.0 cm³/mol. The van der Waals surface area contributed by atoms with E-state index < -0.39 is 0 Å². The van der Waals surface area contributed by atoms with Crippen LogP contribution in [0.15, 0.2) is 68.8 Å². The maximum absolute atomic E-state index is 2.34. The second-order valence-corrected chi connectivity index (χ2v) is 6.25. The Morgan fingerprint density at radius 2 is 1.00 bits per heavy atom. The molecule has 0 N–H and O–H groups in total. The SMILES string of the molecule is c1ccc2c(c1)cc[te]ccc1ccccc12. The molecule has 3 rings (SSSR count). The molecule has 1 heteroatoms. The first kappa shape index (κ1) is 10.8. The first-order valence-corrected chi connectivity index (χ1v) is 8.31. The molecule has 0 aliphatic heterocycles. The summed E-state index contributed by atoms with van der Waals surface area (Å²) in [5.41, 5.74) is 0. The van der Waals surface area contributed by atoms with Gasteiger partial charge in [-0.3, -0.25) is 0 Å². The molecule has 17 heavy (non-hydrogen) atoms. The van der Waals surface area contributed by atoms with Gasteiger partial charge in [-0.2, -0.15) is 0 Å². The molecular weight excluding hydrogens is 320 g/mol. The van der Waals surface area contributed by atoms with Gasteiger partial charge in [-0.25, -0.2) is 0 Å². The molecule has 1 heterocycles. The molecule has 0 unspecified atom stereocenters. The summed E-state index contributed by atoms with van der Waals surface area (Å²) in [4.78, 5) is 0. The summed E-state index contributed by atoms with van der Waals surface area (Å²) in [6, 6.07) is 21.8. The van der Waals surface area contributed by atoms with Crippen molar-refractivity contribution in [2.45, 2.75) is 0 Å². The van der Waals surface area contributed by atoms with Gasteiger partial charge in [-0.05, 0) is 0 Å². The van der Waals surface area contributed by atoms with Crippen LogP contribution in [-0.2, 0) is 0 Å². The summed E-state index contributed by atoms with van der Waals surface area (Å²) in [6.45, 7) is 0. The molecule has 0 amide bonds. The number of fused-ring (bicyclic) bond motifs is 3. The Morgan fingerprint density at radius 3 is 1.53 bits per heavy atom. The maximum atomic E-state index is 2.34. The Kier molecular flexibility index (Phi) is 3.14. The van der Waals surface area contributed by atoms with E-state index in [9.17, 15) is 0 Å². The van der Waals surface area contributed by atoms with Crippen molar-refractivity contribution in [3.05, 3.63) is 68.8 Å².